The molecule has 0 saturated carbocycles. The Balaban J connectivity index is 1.16. The molecule has 2 saturated heterocycles. The highest BCUT2D eigenvalue weighted by Gasteiger charge is 2.30. The van der Waals surface area contributed by atoms with Gasteiger partial charge in [0, 0.05) is 67.9 Å². The molecule has 2 N–H and O–H groups in total. The number of hydrogen-bond donors (Lipinski definition) is 2. The number of nitrogens with zero attached hydrogens (tertiary/aromatic N) is 8. The average Bonchev–Trinajstić information content (AvgIpc) is 3.72. The van der Waals surface area contributed by atoms with Crippen LogP contribution in [0.2, 0.25) is 5.02 Å². The second-order valence-electron chi connectivity index (χ2n) is 12.4. The standard InChI is InChI=1S/C33H38ClF2N9O5/c1-2-23(18-41-10-6-21(7-11-41)32(48)49)42-12-14-43(15-13-42)28(46)20-44-19-26(39-31(47)25-17-38-45-9-3-8-37-30(25)45)29(40-44)24-16-22(34)4-5-27(24)50-33(35)36/h3-5,8-9,16-17,19,21,23,33H,2,6-7,10-15,18,20H2,1H3,(H,39,47)(H,48,49). The number of piperidine rings is 1. The second-order valence-corrected chi connectivity index (χ2v) is 12.8. The molecule has 1 aromatic carbocycles. The number of nitrogens with one attached hydrogen (secondary N) is 1. The van der Waals surface area contributed by atoms with Crippen LogP contribution in [0.15, 0.2) is 49.1 Å². The van der Waals surface area contributed by atoms with Gasteiger partial charge < -0.3 is 25.0 Å². The molecule has 6 rings (SSSR count). The maximum atomic E-state index is 13.5. The number of amides is 2. The Hall–Kier alpha value is -4.67. The topological polar surface area (TPSA) is 150 Å². The fourth-order valence-electron chi connectivity index (χ4n) is 6.59. The van der Waals surface area contributed by atoms with Gasteiger partial charge in [0.1, 0.15) is 23.6 Å². The maximum absolute atomic E-state index is 13.5. The molecule has 266 valence electrons. The van der Waals surface area contributed by atoms with Crippen molar-refractivity contribution in [1.29, 1.82) is 0 Å². The first-order chi connectivity index (χ1) is 24.1. The van der Waals surface area contributed by atoms with Crippen LogP contribution in [0.4, 0.5) is 14.5 Å². The summed E-state index contributed by atoms with van der Waals surface area (Å²) in [5.41, 5.74) is 0.803. The van der Waals surface area contributed by atoms with Crippen molar-refractivity contribution in [3.8, 4) is 17.0 Å². The molecular formula is C33H38ClF2N9O5. The van der Waals surface area contributed by atoms with Gasteiger partial charge in [-0.15, -0.1) is 0 Å². The van der Waals surface area contributed by atoms with Crippen LogP contribution in [0.25, 0.3) is 16.9 Å². The zero-order valence-corrected chi connectivity index (χ0v) is 28.2. The number of benzene rings is 1. The molecule has 3 aromatic heterocycles. The molecule has 2 aliphatic heterocycles. The molecule has 5 heterocycles. The van der Waals surface area contributed by atoms with E-state index in [4.69, 9.17) is 16.3 Å². The van der Waals surface area contributed by atoms with E-state index >= 15 is 0 Å². The highest BCUT2D eigenvalue weighted by molar-refractivity contribution is 6.31. The van der Waals surface area contributed by atoms with Gasteiger partial charge in [0.25, 0.3) is 5.91 Å². The molecule has 0 bridgehead atoms. The van der Waals surface area contributed by atoms with E-state index in [0.29, 0.717) is 50.7 Å². The molecule has 0 spiro atoms. The van der Waals surface area contributed by atoms with Crippen LogP contribution in [0.1, 0.15) is 36.5 Å². The Morgan fingerprint density at radius 2 is 1.88 bits per heavy atom. The van der Waals surface area contributed by atoms with Crippen molar-refractivity contribution < 1.29 is 33.0 Å². The molecular weight excluding hydrogens is 676 g/mol. The van der Waals surface area contributed by atoms with Gasteiger partial charge in [-0.1, -0.05) is 18.5 Å². The van der Waals surface area contributed by atoms with Crippen molar-refractivity contribution >= 4 is 40.7 Å². The zero-order chi connectivity index (χ0) is 35.4. The lowest BCUT2D eigenvalue weighted by Crippen LogP contribution is -2.55. The van der Waals surface area contributed by atoms with Gasteiger partial charge in [-0.3, -0.25) is 24.0 Å². The van der Waals surface area contributed by atoms with Crippen molar-refractivity contribution in [2.24, 2.45) is 5.92 Å². The normalized spacial score (nSPS) is 16.9. The van der Waals surface area contributed by atoms with E-state index in [1.165, 1.54) is 46.0 Å². The minimum atomic E-state index is -3.13. The predicted molar refractivity (Wildman–Crippen MR) is 179 cm³/mol. The lowest BCUT2D eigenvalue weighted by Gasteiger charge is -2.41. The third-order valence-corrected chi connectivity index (χ3v) is 9.54. The monoisotopic (exact) mass is 713 g/mol. The molecule has 0 aliphatic carbocycles. The zero-order valence-electron chi connectivity index (χ0n) is 27.4. The first-order valence-electron chi connectivity index (χ1n) is 16.5. The van der Waals surface area contributed by atoms with Crippen molar-refractivity contribution in [1.82, 2.24) is 39.1 Å². The molecule has 1 atom stereocenters. The summed E-state index contributed by atoms with van der Waals surface area (Å²) >= 11 is 6.24. The Morgan fingerprint density at radius 1 is 1.12 bits per heavy atom. The van der Waals surface area contributed by atoms with E-state index in [0.717, 1.165) is 26.1 Å². The summed E-state index contributed by atoms with van der Waals surface area (Å²) < 4.78 is 34.3. The summed E-state index contributed by atoms with van der Waals surface area (Å²) in [5, 5.41) is 21.0. The van der Waals surface area contributed by atoms with Crippen molar-refractivity contribution in [2.75, 3.05) is 51.1 Å². The molecule has 1 unspecified atom stereocenters. The van der Waals surface area contributed by atoms with Crippen LogP contribution in [-0.2, 0) is 16.1 Å². The van der Waals surface area contributed by atoms with Gasteiger partial charge in [-0.05, 0) is 56.6 Å². The number of fused-ring (bicyclic) bond motifs is 1. The first kappa shape index (κ1) is 35.2. The number of rotatable bonds is 12. The van der Waals surface area contributed by atoms with Gasteiger partial charge in [0.15, 0.2) is 5.65 Å². The van der Waals surface area contributed by atoms with Crippen LogP contribution in [0.3, 0.4) is 0 Å². The summed E-state index contributed by atoms with van der Waals surface area (Å²) in [6.07, 6.45) is 8.24. The van der Waals surface area contributed by atoms with Crippen LogP contribution < -0.4 is 10.1 Å². The van der Waals surface area contributed by atoms with Gasteiger partial charge in [-0.25, -0.2) is 9.50 Å². The third-order valence-electron chi connectivity index (χ3n) is 9.30. The molecule has 2 amide bonds. The van der Waals surface area contributed by atoms with Crippen molar-refractivity contribution in [3.63, 3.8) is 0 Å². The molecule has 2 fully saturated rings. The number of anilines is 1. The summed E-state index contributed by atoms with van der Waals surface area (Å²) in [4.78, 5) is 49.0. The van der Waals surface area contributed by atoms with Crippen LogP contribution in [0, 0.1) is 5.92 Å². The van der Waals surface area contributed by atoms with E-state index < -0.39 is 18.5 Å². The Labute approximate surface area is 291 Å². The minimum absolute atomic E-state index is 0.0803. The van der Waals surface area contributed by atoms with Crippen molar-refractivity contribution in [3.05, 3.63) is 59.6 Å². The number of aliphatic carboxylic acids is 1. The van der Waals surface area contributed by atoms with Gasteiger partial charge >= 0.3 is 12.6 Å². The van der Waals surface area contributed by atoms with Gasteiger partial charge in [-0.2, -0.15) is 19.0 Å². The maximum Gasteiger partial charge on any atom is 0.387 e. The number of alkyl halides is 2. The predicted octanol–water partition coefficient (Wildman–Crippen LogP) is 3.82. The highest BCUT2D eigenvalue weighted by atomic mass is 35.5. The largest absolute Gasteiger partial charge is 0.481 e. The summed E-state index contributed by atoms with van der Waals surface area (Å²) in [5.74, 6) is -1.96. The number of carboxylic acids is 1. The van der Waals surface area contributed by atoms with Crippen LogP contribution in [-0.4, -0.2) is 120 Å². The van der Waals surface area contributed by atoms with Crippen LogP contribution >= 0.6 is 11.6 Å². The van der Waals surface area contributed by atoms with E-state index in [9.17, 15) is 28.3 Å². The number of halogens is 3. The number of piperazine rings is 1. The molecule has 2 aliphatic rings. The number of carboxylic acid groups (broad SMARTS) is 1. The lowest BCUT2D eigenvalue weighted by molar-refractivity contribution is -0.143. The Kier molecular flexibility index (Phi) is 10.9. The number of ether oxygens (including phenoxy) is 1. The SMILES string of the molecule is CCC(CN1CCC(C(=O)O)CC1)N1CCN(C(=O)Cn2cc(NC(=O)c3cnn4cccnc34)c(-c3cc(Cl)ccc3OC(F)F)n2)CC1. The lowest BCUT2D eigenvalue weighted by atomic mass is 9.96. The Bertz CT molecular complexity index is 1840. The number of aromatic nitrogens is 5. The first-order valence-corrected chi connectivity index (χ1v) is 16.9. The summed E-state index contributed by atoms with van der Waals surface area (Å²) in [6, 6.07) is 6.05. The van der Waals surface area contributed by atoms with Crippen LogP contribution in [0.5, 0.6) is 5.75 Å². The second kappa shape index (κ2) is 15.5. The van der Waals surface area contributed by atoms with Gasteiger partial charge in [0.05, 0.1) is 17.8 Å². The highest BCUT2D eigenvalue weighted by Crippen LogP contribution is 2.37. The minimum Gasteiger partial charge on any atom is -0.481 e. The molecule has 17 heteroatoms. The fourth-order valence-corrected chi connectivity index (χ4v) is 6.77. The summed E-state index contributed by atoms with van der Waals surface area (Å²) in [6.45, 7) is 3.63. The van der Waals surface area contributed by atoms with E-state index in [1.54, 1.807) is 17.2 Å². The van der Waals surface area contributed by atoms with Gasteiger partial charge in [0.2, 0.25) is 5.91 Å². The quantitative estimate of drug-likeness (QED) is 0.222. The molecule has 0 radical (unpaired) electrons. The third kappa shape index (κ3) is 8.03. The molecule has 4 aromatic rings. The summed E-state index contributed by atoms with van der Waals surface area (Å²) in [7, 11) is 0. The number of carbonyl (C=O) groups is 3. The molecule has 14 nitrogen and oxygen atoms in total. The molecule has 50 heavy (non-hydrogen) atoms. The van der Waals surface area contributed by atoms with E-state index in [-0.39, 0.29) is 51.7 Å². The number of likely N-dealkylation sites (tertiary alicyclic amines) is 1. The average molecular weight is 714 g/mol. The van der Waals surface area contributed by atoms with Crippen molar-refractivity contribution in [2.45, 2.75) is 45.4 Å². The van der Waals surface area contributed by atoms with E-state index in [2.05, 4.69) is 37.2 Å². The number of carbonyl (C=O) groups excluding carboxylic acids is 2. The smallest absolute Gasteiger partial charge is 0.387 e. The fraction of sp³-hybridized carbons (Fsp3) is 0.455. The number of hydrogen-bond acceptors (Lipinski definition) is 9. The van der Waals surface area contributed by atoms with E-state index in [1.807, 2.05) is 0 Å². The Morgan fingerprint density at radius 3 is 2.58 bits per heavy atom.